The van der Waals surface area contributed by atoms with E-state index in [2.05, 4.69) is 17.1 Å². The van der Waals surface area contributed by atoms with Crippen LogP contribution in [0.5, 0.6) is 0 Å². The lowest BCUT2D eigenvalue weighted by atomic mass is 9.84. The van der Waals surface area contributed by atoms with Gasteiger partial charge in [-0.15, -0.1) is 0 Å². The maximum Gasteiger partial charge on any atom is 0.326 e. The summed E-state index contributed by atoms with van der Waals surface area (Å²) >= 11 is 0. The normalized spacial score (nSPS) is 21.6. The Morgan fingerprint density at radius 3 is 2.10 bits per heavy atom. The predicted octanol–water partition coefficient (Wildman–Crippen LogP) is 3.98. The first-order valence-corrected chi connectivity index (χ1v) is 11.1. The molecule has 4 rings (SSSR count). The van der Waals surface area contributed by atoms with Crippen LogP contribution in [0.15, 0.2) is 60.7 Å². The van der Waals surface area contributed by atoms with E-state index in [9.17, 15) is 9.59 Å². The average Bonchev–Trinajstić information content (AvgIpc) is 2.99. The molecule has 3 amide bonds. The molecule has 2 aliphatic rings. The zero-order chi connectivity index (χ0) is 21.0. The van der Waals surface area contributed by atoms with Crippen molar-refractivity contribution in [2.75, 3.05) is 13.2 Å². The number of hydrogen-bond donors (Lipinski definition) is 1. The zero-order valence-corrected chi connectivity index (χ0v) is 17.7. The SMILES string of the molecule is CC[C@H]1CCCCN1CN1C(=O)NC(Cc2ccccc2)(Cc2ccccc2)C1=O. The molecule has 0 spiro atoms. The second-order valence-corrected chi connectivity index (χ2v) is 8.58. The van der Waals surface area contributed by atoms with Crippen LogP contribution in [-0.2, 0) is 17.6 Å². The van der Waals surface area contributed by atoms with Crippen molar-refractivity contribution in [3.8, 4) is 0 Å². The highest BCUT2D eigenvalue weighted by atomic mass is 16.2. The number of hydrogen-bond acceptors (Lipinski definition) is 3. The fourth-order valence-corrected chi connectivity index (χ4v) is 4.89. The number of carbonyl (C=O) groups excluding carboxylic acids is 2. The van der Waals surface area contributed by atoms with Crippen LogP contribution in [0.3, 0.4) is 0 Å². The van der Waals surface area contributed by atoms with Crippen molar-refractivity contribution in [2.45, 2.75) is 57.0 Å². The highest BCUT2D eigenvalue weighted by Crippen LogP contribution is 2.29. The molecule has 0 saturated carbocycles. The number of benzene rings is 2. The molecule has 0 bridgehead atoms. The predicted molar refractivity (Wildman–Crippen MR) is 118 cm³/mol. The van der Waals surface area contributed by atoms with Crippen LogP contribution >= 0.6 is 0 Å². The van der Waals surface area contributed by atoms with Gasteiger partial charge in [-0.2, -0.15) is 0 Å². The van der Waals surface area contributed by atoms with Gasteiger partial charge in [0.25, 0.3) is 5.91 Å². The Bertz CT molecular complexity index is 827. The molecule has 0 aromatic heterocycles. The Kier molecular flexibility index (Phi) is 6.18. The Hall–Kier alpha value is -2.66. The van der Waals surface area contributed by atoms with E-state index in [4.69, 9.17) is 0 Å². The summed E-state index contributed by atoms with van der Waals surface area (Å²) in [5.41, 5.74) is 1.15. The molecule has 2 fully saturated rings. The van der Waals surface area contributed by atoms with Gasteiger partial charge in [0.2, 0.25) is 0 Å². The smallest absolute Gasteiger partial charge is 0.322 e. The minimum Gasteiger partial charge on any atom is -0.322 e. The van der Waals surface area contributed by atoms with E-state index in [-0.39, 0.29) is 11.9 Å². The Labute approximate surface area is 179 Å². The molecular formula is C25H31N3O2. The van der Waals surface area contributed by atoms with E-state index in [0.29, 0.717) is 25.6 Å². The summed E-state index contributed by atoms with van der Waals surface area (Å²) in [6, 6.07) is 20.1. The second kappa shape index (κ2) is 9.00. The quantitative estimate of drug-likeness (QED) is 0.709. The lowest BCUT2D eigenvalue weighted by Gasteiger charge is -2.37. The number of carbonyl (C=O) groups is 2. The molecule has 0 unspecified atom stereocenters. The number of nitrogens with one attached hydrogen (secondary N) is 1. The molecule has 1 N–H and O–H groups in total. The van der Waals surface area contributed by atoms with Gasteiger partial charge in [0.15, 0.2) is 0 Å². The third-order valence-electron chi connectivity index (χ3n) is 6.49. The highest BCUT2D eigenvalue weighted by molar-refractivity contribution is 6.07. The fourth-order valence-electron chi connectivity index (χ4n) is 4.89. The average molecular weight is 406 g/mol. The van der Waals surface area contributed by atoms with Crippen LogP contribution in [-0.4, -0.2) is 46.5 Å². The van der Waals surface area contributed by atoms with Gasteiger partial charge in [0.05, 0.1) is 6.67 Å². The van der Waals surface area contributed by atoms with Crippen LogP contribution in [0.1, 0.15) is 43.7 Å². The molecule has 0 aliphatic carbocycles. The van der Waals surface area contributed by atoms with Gasteiger partial charge in [0, 0.05) is 25.4 Å². The first-order valence-electron chi connectivity index (χ1n) is 11.1. The summed E-state index contributed by atoms with van der Waals surface area (Å²) in [6.07, 6.45) is 5.50. The Morgan fingerprint density at radius 2 is 1.53 bits per heavy atom. The Balaban J connectivity index is 1.61. The first kappa shape index (κ1) is 20.6. The molecule has 2 saturated heterocycles. The largest absolute Gasteiger partial charge is 0.326 e. The van der Waals surface area contributed by atoms with E-state index in [1.807, 2.05) is 60.7 Å². The maximum absolute atomic E-state index is 13.7. The first-order chi connectivity index (χ1) is 14.6. The Morgan fingerprint density at radius 1 is 0.933 bits per heavy atom. The molecule has 2 aromatic rings. The number of piperidine rings is 1. The number of urea groups is 1. The zero-order valence-electron chi connectivity index (χ0n) is 17.7. The lowest BCUT2D eigenvalue weighted by Crippen LogP contribution is -2.52. The number of amides is 3. The van der Waals surface area contributed by atoms with Crippen molar-refractivity contribution in [3.05, 3.63) is 71.8 Å². The van der Waals surface area contributed by atoms with E-state index in [0.717, 1.165) is 36.9 Å². The van der Waals surface area contributed by atoms with Crippen LogP contribution in [0.25, 0.3) is 0 Å². The molecule has 2 aromatic carbocycles. The fraction of sp³-hybridized carbons (Fsp3) is 0.440. The minimum atomic E-state index is -0.947. The van der Waals surface area contributed by atoms with Crippen LogP contribution < -0.4 is 5.32 Å². The van der Waals surface area contributed by atoms with E-state index in [1.54, 1.807) is 0 Å². The minimum absolute atomic E-state index is 0.111. The van der Waals surface area contributed by atoms with Crippen molar-refractivity contribution < 1.29 is 9.59 Å². The molecule has 5 heteroatoms. The van der Waals surface area contributed by atoms with Crippen molar-refractivity contribution >= 4 is 11.9 Å². The highest BCUT2D eigenvalue weighted by Gasteiger charge is 2.51. The van der Waals surface area contributed by atoms with E-state index < -0.39 is 5.54 Å². The van der Waals surface area contributed by atoms with Gasteiger partial charge >= 0.3 is 6.03 Å². The van der Waals surface area contributed by atoms with Gasteiger partial charge in [-0.25, -0.2) is 9.69 Å². The van der Waals surface area contributed by atoms with Gasteiger partial charge in [-0.05, 0) is 30.4 Å². The van der Waals surface area contributed by atoms with E-state index in [1.165, 1.54) is 11.3 Å². The summed E-state index contributed by atoms with van der Waals surface area (Å²) in [5.74, 6) is -0.111. The van der Waals surface area contributed by atoms with Gasteiger partial charge in [-0.3, -0.25) is 9.69 Å². The monoisotopic (exact) mass is 405 g/mol. The molecule has 5 nitrogen and oxygen atoms in total. The molecule has 30 heavy (non-hydrogen) atoms. The topological polar surface area (TPSA) is 52.6 Å². The van der Waals surface area contributed by atoms with Crippen LogP contribution in [0.4, 0.5) is 4.79 Å². The summed E-state index contributed by atoms with van der Waals surface area (Å²) in [4.78, 5) is 30.5. The molecule has 2 heterocycles. The second-order valence-electron chi connectivity index (χ2n) is 8.58. The molecule has 2 aliphatic heterocycles. The molecular weight excluding hydrogens is 374 g/mol. The number of imide groups is 1. The third-order valence-corrected chi connectivity index (χ3v) is 6.49. The van der Waals surface area contributed by atoms with Crippen LogP contribution in [0.2, 0.25) is 0 Å². The van der Waals surface area contributed by atoms with Gasteiger partial charge < -0.3 is 5.32 Å². The van der Waals surface area contributed by atoms with Gasteiger partial charge in [0.1, 0.15) is 5.54 Å². The molecule has 158 valence electrons. The van der Waals surface area contributed by atoms with Crippen molar-refractivity contribution in [3.63, 3.8) is 0 Å². The van der Waals surface area contributed by atoms with Crippen LogP contribution in [0, 0.1) is 0 Å². The van der Waals surface area contributed by atoms with E-state index >= 15 is 0 Å². The standard InChI is InChI=1S/C25H31N3O2/c1-2-22-15-9-10-16-27(22)19-28-23(29)25(26-24(28)30,17-20-11-5-3-6-12-20)18-21-13-7-4-8-14-21/h3-8,11-14,22H,2,9-10,15-19H2,1H3,(H,26,30)/t22-/m0/s1. The number of rotatable bonds is 7. The van der Waals surface area contributed by atoms with Crippen molar-refractivity contribution in [1.82, 2.24) is 15.1 Å². The summed E-state index contributed by atoms with van der Waals surface area (Å²) in [5, 5.41) is 3.10. The summed E-state index contributed by atoms with van der Waals surface area (Å²) in [6.45, 7) is 3.51. The lowest BCUT2D eigenvalue weighted by molar-refractivity contribution is -0.133. The molecule has 0 radical (unpaired) electrons. The van der Waals surface area contributed by atoms with Gasteiger partial charge in [-0.1, -0.05) is 74.0 Å². The van der Waals surface area contributed by atoms with Crippen molar-refractivity contribution in [1.29, 1.82) is 0 Å². The molecule has 1 atom stereocenters. The summed E-state index contributed by atoms with van der Waals surface area (Å²) < 4.78 is 0. The number of nitrogens with zero attached hydrogens (tertiary/aromatic N) is 2. The maximum atomic E-state index is 13.7. The number of likely N-dealkylation sites (tertiary alicyclic amines) is 1. The third kappa shape index (κ3) is 4.26. The van der Waals surface area contributed by atoms with Crippen molar-refractivity contribution in [2.24, 2.45) is 0 Å². The summed E-state index contributed by atoms with van der Waals surface area (Å²) in [7, 11) is 0.